The van der Waals surface area contributed by atoms with Gasteiger partial charge < -0.3 is 0 Å². The average Bonchev–Trinajstić information content (AvgIpc) is 3.22. The molecule has 0 aliphatic heterocycles. The Morgan fingerprint density at radius 1 is 1.22 bits per heavy atom. The van der Waals surface area contributed by atoms with Gasteiger partial charge in [-0.15, -0.1) is 11.3 Å². The molecule has 1 aromatic carbocycles. The minimum Gasteiger partial charge on any atom is -0.295 e. The van der Waals surface area contributed by atoms with Crippen LogP contribution in [0.1, 0.15) is 14.5 Å². The van der Waals surface area contributed by atoms with E-state index >= 15 is 0 Å². The lowest BCUT2D eigenvalue weighted by atomic mass is 10.2. The molecule has 3 rings (SSSR count). The number of nitrogens with one attached hydrogen (secondary N) is 1. The van der Waals surface area contributed by atoms with Crippen LogP contribution >= 0.6 is 11.3 Å². The topological polar surface area (TPSA) is 111 Å². The number of ketones is 1. The van der Waals surface area contributed by atoms with Crippen molar-refractivity contribution in [2.75, 3.05) is 12.8 Å². The van der Waals surface area contributed by atoms with Crippen LogP contribution in [0.25, 0.3) is 11.4 Å². The summed E-state index contributed by atoms with van der Waals surface area (Å²) in [5, 5.41) is 3.76. The zero-order chi connectivity index (χ0) is 19.4. The van der Waals surface area contributed by atoms with Crippen LogP contribution in [-0.2, 0) is 23.0 Å². The molecule has 10 heteroatoms. The highest BCUT2D eigenvalue weighted by molar-refractivity contribution is 7.88. The monoisotopic (exact) mass is 407 g/mol. The third kappa shape index (κ3) is 5.00. The predicted molar refractivity (Wildman–Crippen MR) is 101 cm³/mol. The number of rotatable bonds is 8. The number of aromatic nitrogens is 2. The molecular formula is C17H17N3O5S2. The zero-order valence-electron chi connectivity index (χ0n) is 14.4. The number of nitrogens with zero attached hydrogens (tertiary/aromatic N) is 2. The maximum absolute atomic E-state index is 12.6. The van der Waals surface area contributed by atoms with Crippen molar-refractivity contribution in [2.24, 2.45) is 0 Å². The first-order valence-electron chi connectivity index (χ1n) is 8.02. The standard InChI is InChI=1S/C17H17N3O5S2/c1-27(23,24)18-10-9-13-7-8-15(26-13)14(21)11-20-16(19-25-17(20)22)12-5-3-2-4-6-12/h2-8,18H,9-11H2,1H3. The van der Waals surface area contributed by atoms with Crippen LogP contribution in [0, 0.1) is 0 Å². The fourth-order valence-corrected chi connectivity index (χ4v) is 3.86. The van der Waals surface area contributed by atoms with E-state index in [1.807, 2.05) is 6.07 Å². The van der Waals surface area contributed by atoms with Gasteiger partial charge in [0.2, 0.25) is 10.0 Å². The Bertz CT molecular complexity index is 1100. The van der Waals surface area contributed by atoms with E-state index in [-0.39, 0.29) is 18.9 Å². The lowest BCUT2D eigenvalue weighted by molar-refractivity contribution is 0.0973. The van der Waals surface area contributed by atoms with E-state index in [0.717, 1.165) is 11.1 Å². The molecule has 0 aliphatic rings. The van der Waals surface area contributed by atoms with Gasteiger partial charge in [0, 0.05) is 17.0 Å². The number of Topliss-reactive ketones (excluding diaryl/α,β-unsaturated/α-hetero) is 1. The molecule has 0 aliphatic carbocycles. The van der Waals surface area contributed by atoms with Crippen molar-refractivity contribution in [2.45, 2.75) is 13.0 Å². The van der Waals surface area contributed by atoms with Crippen molar-refractivity contribution in [3.05, 3.63) is 62.8 Å². The molecule has 0 bridgehead atoms. The molecule has 8 nitrogen and oxygen atoms in total. The first kappa shape index (κ1) is 19.2. The minimum absolute atomic E-state index is 0.186. The molecule has 0 spiro atoms. The summed E-state index contributed by atoms with van der Waals surface area (Å²) >= 11 is 1.27. The number of hydrogen-bond donors (Lipinski definition) is 1. The molecule has 0 amide bonds. The van der Waals surface area contributed by atoms with Crippen LogP contribution in [0.3, 0.4) is 0 Å². The van der Waals surface area contributed by atoms with E-state index in [9.17, 15) is 18.0 Å². The summed E-state index contributed by atoms with van der Waals surface area (Å²) in [6.07, 6.45) is 1.57. The van der Waals surface area contributed by atoms with Gasteiger partial charge in [0.15, 0.2) is 11.6 Å². The lowest BCUT2D eigenvalue weighted by Gasteiger charge is -2.03. The molecule has 2 heterocycles. The molecule has 142 valence electrons. The second-order valence-corrected chi connectivity index (χ2v) is 8.83. The first-order chi connectivity index (χ1) is 12.8. The Hall–Kier alpha value is -2.56. The summed E-state index contributed by atoms with van der Waals surface area (Å²) in [4.78, 5) is 25.9. The average molecular weight is 407 g/mol. The van der Waals surface area contributed by atoms with Crippen LogP contribution in [0.5, 0.6) is 0 Å². The Balaban J connectivity index is 1.72. The van der Waals surface area contributed by atoms with Gasteiger partial charge in [-0.1, -0.05) is 35.5 Å². The largest absolute Gasteiger partial charge is 0.442 e. The second-order valence-electron chi connectivity index (χ2n) is 5.83. The van der Waals surface area contributed by atoms with Crippen molar-refractivity contribution in [3.8, 4) is 11.4 Å². The predicted octanol–water partition coefficient (Wildman–Crippen LogP) is 1.54. The smallest absolute Gasteiger partial charge is 0.295 e. The quantitative estimate of drug-likeness (QED) is 0.567. The number of thiophene rings is 1. The summed E-state index contributed by atoms with van der Waals surface area (Å²) in [5.74, 6) is -0.649. The molecule has 0 unspecified atom stereocenters. The molecule has 0 radical (unpaired) electrons. The van der Waals surface area contributed by atoms with Crippen LogP contribution in [0.15, 0.2) is 51.8 Å². The number of carbonyl (C=O) groups excluding carboxylic acids is 1. The van der Waals surface area contributed by atoms with Gasteiger partial charge in [-0.2, -0.15) is 0 Å². The third-order valence-corrected chi connectivity index (χ3v) is 5.61. The molecule has 27 heavy (non-hydrogen) atoms. The Morgan fingerprint density at radius 3 is 2.67 bits per heavy atom. The summed E-state index contributed by atoms with van der Waals surface area (Å²) < 4.78 is 30.5. The molecule has 3 aromatic rings. The number of sulfonamides is 1. The van der Waals surface area contributed by atoms with Crippen molar-refractivity contribution >= 4 is 27.1 Å². The highest BCUT2D eigenvalue weighted by Gasteiger charge is 2.18. The van der Waals surface area contributed by atoms with E-state index in [1.165, 1.54) is 15.9 Å². The van der Waals surface area contributed by atoms with E-state index in [0.29, 0.717) is 22.7 Å². The van der Waals surface area contributed by atoms with E-state index in [4.69, 9.17) is 4.52 Å². The van der Waals surface area contributed by atoms with Crippen LogP contribution in [0.4, 0.5) is 0 Å². The van der Waals surface area contributed by atoms with Crippen molar-refractivity contribution < 1.29 is 17.7 Å². The fourth-order valence-electron chi connectivity index (χ4n) is 2.45. The second kappa shape index (κ2) is 7.99. The van der Waals surface area contributed by atoms with E-state index in [2.05, 4.69) is 9.88 Å². The zero-order valence-corrected chi connectivity index (χ0v) is 16.0. The Kier molecular flexibility index (Phi) is 5.68. The molecule has 0 saturated heterocycles. The maximum Gasteiger partial charge on any atom is 0.442 e. The van der Waals surface area contributed by atoms with Gasteiger partial charge in [-0.25, -0.2) is 22.5 Å². The molecule has 1 N–H and O–H groups in total. The summed E-state index contributed by atoms with van der Waals surface area (Å²) in [6.45, 7) is 0.0738. The lowest BCUT2D eigenvalue weighted by Crippen LogP contribution is -2.24. The van der Waals surface area contributed by atoms with Gasteiger partial charge >= 0.3 is 5.76 Å². The van der Waals surface area contributed by atoms with Crippen LogP contribution < -0.4 is 10.5 Å². The summed E-state index contributed by atoms with van der Waals surface area (Å²) in [6, 6.07) is 12.4. The molecular weight excluding hydrogens is 390 g/mol. The van der Waals surface area contributed by atoms with E-state index < -0.39 is 15.8 Å². The summed E-state index contributed by atoms with van der Waals surface area (Å²) in [7, 11) is -3.24. The number of hydrogen-bond acceptors (Lipinski definition) is 7. The molecule has 2 aromatic heterocycles. The highest BCUT2D eigenvalue weighted by atomic mass is 32.2. The Labute approximate surface area is 159 Å². The fraction of sp³-hybridized carbons (Fsp3) is 0.235. The third-order valence-electron chi connectivity index (χ3n) is 3.69. The van der Waals surface area contributed by atoms with Crippen LogP contribution in [-0.4, -0.2) is 36.7 Å². The van der Waals surface area contributed by atoms with Gasteiger partial charge in [0.25, 0.3) is 0 Å². The van der Waals surface area contributed by atoms with Crippen molar-refractivity contribution in [3.63, 3.8) is 0 Å². The van der Waals surface area contributed by atoms with Gasteiger partial charge in [-0.05, 0) is 18.6 Å². The number of carbonyl (C=O) groups is 1. The SMILES string of the molecule is CS(=O)(=O)NCCc1ccc(C(=O)Cn2c(-c3ccccc3)noc2=O)s1. The highest BCUT2D eigenvalue weighted by Crippen LogP contribution is 2.20. The minimum atomic E-state index is -3.24. The normalized spacial score (nSPS) is 11.6. The van der Waals surface area contributed by atoms with Gasteiger partial charge in [0.05, 0.1) is 17.7 Å². The van der Waals surface area contributed by atoms with Crippen molar-refractivity contribution in [1.29, 1.82) is 0 Å². The molecule has 0 fully saturated rings. The van der Waals surface area contributed by atoms with Crippen LogP contribution in [0.2, 0.25) is 0 Å². The number of benzene rings is 1. The van der Waals surface area contributed by atoms with Crippen molar-refractivity contribution in [1.82, 2.24) is 14.4 Å². The first-order valence-corrected chi connectivity index (χ1v) is 10.7. The van der Waals surface area contributed by atoms with Gasteiger partial charge in [0.1, 0.15) is 0 Å². The Morgan fingerprint density at radius 2 is 1.96 bits per heavy atom. The molecule has 0 atom stereocenters. The maximum atomic E-state index is 12.6. The van der Waals surface area contributed by atoms with Gasteiger partial charge in [-0.3, -0.25) is 9.32 Å². The summed E-state index contributed by atoms with van der Waals surface area (Å²) in [5.41, 5.74) is 0.676. The van der Waals surface area contributed by atoms with E-state index in [1.54, 1.807) is 36.4 Å². The molecule has 0 saturated carbocycles.